The van der Waals surface area contributed by atoms with E-state index >= 15 is 0 Å². The molecule has 1 aliphatic rings. The van der Waals surface area contributed by atoms with Crippen LogP contribution in [0.4, 0.5) is 0 Å². The minimum Gasteiger partial charge on any atom is -0.504 e. The Morgan fingerprint density at radius 2 is 2.21 bits per heavy atom. The van der Waals surface area contributed by atoms with Crippen molar-refractivity contribution in [3.63, 3.8) is 0 Å². The van der Waals surface area contributed by atoms with Gasteiger partial charge in [-0.25, -0.2) is 4.98 Å². The van der Waals surface area contributed by atoms with E-state index in [1.807, 2.05) is 24.3 Å². The monoisotopic (exact) mass is 392 g/mol. The lowest BCUT2D eigenvalue weighted by Gasteiger charge is -2.32. The molecule has 4 rings (SSSR count). The number of hydrogen-bond acceptors (Lipinski definition) is 6. The fraction of sp³-hybridized carbons (Fsp3) is 0.318. The fourth-order valence-electron chi connectivity index (χ4n) is 3.87. The van der Waals surface area contributed by atoms with Gasteiger partial charge in [-0.05, 0) is 37.6 Å². The number of methoxy groups -OCH3 is 1. The van der Waals surface area contributed by atoms with E-state index in [9.17, 15) is 9.90 Å². The van der Waals surface area contributed by atoms with E-state index in [4.69, 9.17) is 9.72 Å². The maximum absolute atomic E-state index is 12.2. The van der Waals surface area contributed by atoms with Crippen molar-refractivity contribution < 1.29 is 9.84 Å². The van der Waals surface area contributed by atoms with Gasteiger partial charge in [0.1, 0.15) is 5.82 Å². The van der Waals surface area contributed by atoms with Gasteiger partial charge in [-0.1, -0.05) is 12.1 Å². The number of aromatic nitrogens is 3. The van der Waals surface area contributed by atoms with E-state index in [0.29, 0.717) is 18.1 Å². The number of pyridine rings is 1. The summed E-state index contributed by atoms with van der Waals surface area (Å²) in [4.78, 5) is 26.2. The highest BCUT2D eigenvalue weighted by atomic mass is 16.5. The summed E-state index contributed by atoms with van der Waals surface area (Å²) >= 11 is 0. The molecule has 7 heteroatoms. The Morgan fingerprint density at radius 1 is 1.31 bits per heavy atom. The smallest absolute Gasteiger partial charge is 0.251 e. The molecule has 0 radical (unpaired) electrons. The second-order valence-corrected chi connectivity index (χ2v) is 7.30. The normalized spacial score (nSPS) is 17.2. The highest BCUT2D eigenvalue weighted by molar-refractivity contribution is 5.52. The summed E-state index contributed by atoms with van der Waals surface area (Å²) in [5.41, 5.74) is 2.27. The summed E-state index contributed by atoms with van der Waals surface area (Å²) in [5.74, 6) is 1.37. The number of benzene rings is 1. The summed E-state index contributed by atoms with van der Waals surface area (Å²) in [5, 5.41) is 10.4. The molecule has 1 aromatic carbocycles. The third-order valence-electron chi connectivity index (χ3n) is 5.32. The van der Waals surface area contributed by atoms with Gasteiger partial charge in [-0.2, -0.15) is 0 Å². The number of aromatic hydroxyl groups is 1. The zero-order chi connectivity index (χ0) is 20.2. The average molecular weight is 392 g/mol. The van der Waals surface area contributed by atoms with Crippen LogP contribution in [0.5, 0.6) is 11.5 Å². The van der Waals surface area contributed by atoms with Gasteiger partial charge in [0.05, 0.1) is 12.8 Å². The second kappa shape index (κ2) is 8.45. The van der Waals surface area contributed by atoms with Gasteiger partial charge in [0.2, 0.25) is 0 Å². The number of H-pyrrole nitrogens is 1. The fourth-order valence-corrected chi connectivity index (χ4v) is 3.87. The second-order valence-electron chi connectivity index (χ2n) is 7.30. The molecule has 1 saturated heterocycles. The molecule has 0 aliphatic carbocycles. The topological polar surface area (TPSA) is 91.3 Å². The zero-order valence-corrected chi connectivity index (χ0v) is 16.3. The van der Waals surface area contributed by atoms with Gasteiger partial charge in [0.15, 0.2) is 11.5 Å². The average Bonchev–Trinajstić information content (AvgIpc) is 2.76. The van der Waals surface area contributed by atoms with Crippen LogP contribution in [-0.4, -0.2) is 45.2 Å². The standard InChI is InChI=1S/C22H24N4O3/c1-29-19-8-2-5-17(21(19)28)14-26-10-4-7-16(13-26)18-11-20(27)25-22(24-18)15-6-3-9-23-12-15/h2-3,5-6,8-9,11-12,16,28H,4,7,10,13-14H2,1H3,(H,24,25,27). The van der Waals surface area contributed by atoms with Crippen LogP contribution in [0.1, 0.15) is 30.0 Å². The number of piperidine rings is 1. The number of nitrogens with one attached hydrogen (secondary N) is 1. The molecule has 0 saturated carbocycles. The van der Waals surface area contributed by atoms with Gasteiger partial charge >= 0.3 is 0 Å². The zero-order valence-electron chi connectivity index (χ0n) is 16.3. The van der Waals surface area contributed by atoms with Crippen molar-refractivity contribution in [3.05, 3.63) is 70.4 Å². The van der Waals surface area contributed by atoms with E-state index in [-0.39, 0.29) is 17.2 Å². The van der Waals surface area contributed by atoms with Gasteiger partial charge < -0.3 is 14.8 Å². The summed E-state index contributed by atoms with van der Waals surface area (Å²) in [6.45, 7) is 2.34. The largest absolute Gasteiger partial charge is 0.504 e. The molecule has 0 bridgehead atoms. The van der Waals surface area contributed by atoms with Crippen LogP contribution in [0, 0.1) is 0 Å². The number of ether oxygens (including phenoxy) is 1. The summed E-state index contributed by atoms with van der Waals surface area (Å²) in [6, 6.07) is 10.8. The molecule has 3 heterocycles. The van der Waals surface area contributed by atoms with Crippen LogP contribution in [0.3, 0.4) is 0 Å². The minimum absolute atomic E-state index is 0.156. The summed E-state index contributed by atoms with van der Waals surface area (Å²) < 4.78 is 5.21. The number of hydrogen-bond donors (Lipinski definition) is 2. The van der Waals surface area contributed by atoms with Crippen LogP contribution in [0.15, 0.2) is 53.6 Å². The Bertz CT molecular complexity index is 1040. The number of aromatic amines is 1. The van der Waals surface area contributed by atoms with Crippen molar-refractivity contribution in [2.75, 3.05) is 20.2 Å². The van der Waals surface area contributed by atoms with E-state index in [1.165, 1.54) is 0 Å². The van der Waals surface area contributed by atoms with Crippen molar-refractivity contribution in [2.24, 2.45) is 0 Å². The Labute approximate surface area is 169 Å². The maximum Gasteiger partial charge on any atom is 0.251 e. The number of phenols is 1. The minimum atomic E-state index is -0.156. The van der Waals surface area contributed by atoms with Crippen LogP contribution < -0.4 is 10.3 Å². The predicted molar refractivity (Wildman–Crippen MR) is 110 cm³/mol. The molecule has 29 heavy (non-hydrogen) atoms. The van der Waals surface area contributed by atoms with Crippen LogP contribution in [0.2, 0.25) is 0 Å². The number of nitrogens with zero attached hydrogens (tertiary/aromatic N) is 3. The molecule has 2 aromatic heterocycles. The first-order chi connectivity index (χ1) is 14.1. The Morgan fingerprint density at radius 3 is 3.00 bits per heavy atom. The third-order valence-corrected chi connectivity index (χ3v) is 5.32. The van der Waals surface area contributed by atoms with Crippen molar-refractivity contribution in [1.29, 1.82) is 0 Å². The first-order valence-corrected chi connectivity index (χ1v) is 9.73. The van der Waals surface area contributed by atoms with Crippen molar-refractivity contribution >= 4 is 0 Å². The first kappa shape index (κ1) is 19.1. The molecule has 3 aromatic rings. The van der Waals surface area contributed by atoms with Crippen LogP contribution >= 0.6 is 0 Å². The van der Waals surface area contributed by atoms with E-state index in [2.05, 4.69) is 14.9 Å². The lowest BCUT2D eigenvalue weighted by atomic mass is 9.94. The van der Waals surface area contributed by atoms with Gasteiger partial charge in [0.25, 0.3) is 5.56 Å². The first-order valence-electron chi connectivity index (χ1n) is 9.73. The number of para-hydroxylation sites is 1. The van der Waals surface area contributed by atoms with Crippen LogP contribution in [0.25, 0.3) is 11.4 Å². The van der Waals surface area contributed by atoms with Gasteiger partial charge in [-0.15, -0.1) is 0 Å². The van der Waals surface area contributed by atoms with Crippen molar-refractivity contribution in [3.8, 4) is 22.9 Å². The molecule has 0 amide bonds. The van der Waals surface area contributed by atoms with E-state index < -0.39 is 0 Å². The SMILES string of the molecule is COc1cccc(CN2CCCC(c3cc(=O)[nH]c(-c4cccnc4)n3)C2)c1O. The lowest BCUT2D eigenvalue weighted by Crippen LogP contribution is -2.34. The molecular formula is C22H24N4O3. The molecule has 1 unspecified atom stereocenters. The Kier molecular flexibility index (Phi) is 5.57. The molecule has 150 valence electrons. The van der Waals surface area contributed by atoms with Crippen molar-refractivity contribution in [1.82, 2.24) is 19.9 Å². The van der Waals surface area contributed by atoms with Crippen molar-refractivity contribution in [2.45, 2.75) is 25.3 Å². The number of phenolic OH excluding ortho intramolecular Hbond substituents is 1. The predicted octanol–water partition coefficient (Wildman–Crippen LogP) is 2.93. The van der Waals surface area contributed by atoms with Gasteiger partial charge in [0, 0.05) is 48.6 Å². The third kappa shape index (κ3) is 4.30. The summed E-state index contributed by atoms with van der Waals surface area (Å²) in [7, 11) is 1.55. The molecule has 0 spiro atoms. The van der Waals surface area contributed by atoms with Crippen LogP contribution in [-0.2, 0) is 6.54 Å². The summed E-state index contributed by atoms with van der Waals surface area (Å²) in [6.07, 6.45) is 5.37. The highest BCUT2D eigenvalue weighted by Gasteiger charge is 2.24. The molecule has 1 atom stereocenters. The van der Waals surface area contributed by atoms with E-state index in [1.54, 1.807) is 31.6 Å². The lowest BCUT2D eigenvalue weighted by molar-refractivity contribution is 0.196. The quantitative estimate of drug-likeness (QED) is 0.694. The highest BCUT2D eigenvalue weighted by Crippen LogP contribution is 2.32. The molecule has 7 nitrogen and oxygen atoms in total. The molecular weight excluding hydrogens is 368 g/mol. The number of likely N-dealkylation sites (tertiary alicyclic amines) is 1. The maximum atomic E-state index is 12.2. The molecule has 1 fully saturated rings. The Hall–Kier alpha value is -3.19. The number of rotatable bonds is 5. The van der Waals surface area contributed by atoms with E-state index in [0.717, 1.165) is 42.8 Å². The Balaban J connectivity index is 1.55. The molecule has 1 aliphatic heterocycles. The van der Waals surface area contributed by atoms with Gasteiger partial charge in [-0.3, -0.25) is 14.7 Å². The molecule has 2 N–H and O–H groups in total.